The highest BCUT2D eigenvalue weighted by Gasteiger charge is 2.60. The van der Waals surface area contributed by atoms with E-state index in [0.29, 0.717) is 11.5 Å². The van der Waals surface area contributed by atoms with Gasteiger partial charge in [0.1, 0.15) is 0 Å². The normalized spacial score (nSPS) is 25.3. The van der Waals surface area contributed by atoms with Crippen molar-refractivity contribution in [2.45, 2.75) is 90.1 Å². The minimum Gasteiger partial charge on any atom is -0.397 e. The second kappa shape index (κ2) is 8.12. The predicted octanol–water partition coefficient (Wildman–Crippen LogP) is 5.91. The molecule has 0 aromatic heterocycles. The average molecular weight is 315 g/mol. The van der Waals surface area contributed by atoms with E-state index in [0.717, 1.165) is 5.92 Å². The van der Waals surface area contributed by atoms with Crippen molar-refractivity contribution in [1.82, 2.24) is 0 Å². The minimum absolute atomic E-state index is 0.157. The largest absolute Gasteiger partial charge is 0.397 e. The van der Waals surface area contributed by atoms with Crippen LogP contribution in [0.15, 0.2) is 0 Å². The maximum atomic E-state index is 6.29. The number of hydrogen-bond acceptors (Lipinski definition) is 2. The zero-order valence-electron chi connectivity index (χ0n) is 15.5. The SMILES string of the molecule is CCCCC1CCCC1[Si](OC)(OC)C(C)(C)C(C)CC. The Hall–Kier alpha value is 0.137. The van der Waals surface area contributed by atoms with Crippen LogP contribution >= 0.6 is 0 Å². The van der Waals surface area contributed by atoms with Gasteiger partial charge < -0.3 is 8.85 Å². The summed E-state index contributed by atoms with van der Waals surface area (Å²) < 4.78 is 12.6. The molecule has 1 aliphatic carbocycles. The first kappa shape index (κ1) is 19.2. The number of hydrogen-bond donors (Lipinski definition) is 0. The Morgan fingerprint density at radius 2 is 1.76 bits per heavy atom. The summed E-state index contributed by atoms with van der Waals surface area (Å²) in [5, 5.41) is 0.157. The van der Waals surface area contributed by atoms with E-state index in [1.54, 1.807) is 0 Å². The monoisotopic (exact) mass is 314 g/mol. The number of rotatable bonds is 9. The van der Waals surface area contributed by atoms with E-state index >= 15 is 0 Å². The fourth-order valence-corrected chi connectivity index (χ4v) is 9.80. The fourth-order valence-electron chi connectivity index (χ4n) is 4.59. The van der Waals surface area contributed by atoms with Crippen LogP contribution in [0.2, 0.25) is 10.6 Å². The molecule has 21 heavy (non-hydrogen) atoms. The Morgan fingerprint density at radius 3 is 2.24 bits per heavy atom. The Labute approximate surface area is 134 Å². The molecule has 0 amide bonds. The predicted molar refractivity (Wildman–Crippen MR) is 93.9 cm³/mol. The maximum Gasteiger partial charge on any atom is 0.347 e. The first-order valence-electron chi connectivity index (χ1n) is 9.01. The molecule has 0 heterocycles. The molecule has 126 valence electrons. The highest BCUT2D eigenvalue weighted by molar-refractivity contribution is 6.72. The summed E-state index contributed by atoms with van der Waals surface area (Å²) in [6, 6.07) is 0. The van der Waals surface area contributed by atoms with E-state index in [1.165, 1.54) is 44.9 Å². The maximum absolute atomic E-state index is 6.29. The lowest BCUT2D eigenvalue weighted by Crippen LogP contribution is -2.57. The molecule has 3 atom stereocenters. The highest BCUT2D eigenvalue weighted by Crippen LogP contribution is 2.58. The third-order valence-electron chi connectivity index (χ3n) is 6.42. The Bertz CT molecular complexity index is 300. The van der Waals surface area contributed by atoms with Crippen molar-refractivity contribution >= 4 is 8.56 Å². The minimum atomic E-state index is -2.24. The van der Waals surface area contributed by atoms with Gasteiger partial charge in [0.2, 0.25) is 0 Å². The van der Waals surface area contributed by atoms with Crippen molar-refractivity contribution < 1.29 is 8.85 Å². The second-order valence-electron chi connectivity index (χ2n) is 7.55. The standard InChI is InChI=1S/C18H38O2Si/c1-8-10-12-16-13-11-14-17(16)21(19-6,20-7)18(4,5)15(3)9-2/h15-17H,8-14H2,1-7H3. The molecule has 1 fully saturated rings. The van der Waals surface area contributed by atoms with Gasteiger partial charge in [0.15, 0.2) is 0 Å². The molecule has 3 unspecified atom stereocenters. The molecule has 1 saturated carbocycles. The smallest absolute Gasteiger partial charge is 0.347 e. The van der Waals surface area contributed by atoms with Crippen LogP contribution in [0.25, 0.3) is 0 Å². The summed E-state index contributed by atoms with van der Waals surface area (Å²) in [6.45, 7) is 11.8. The van der Waals surface area contributed by atoms with E-state index in [9.17, 15) is 0 Å². The molecular formula is C18H38O2Si. The molecule has 0 bridgehead atoms. The lowest BCUT2D eigenvalue weighted by molar-refractivity contribution is 0.165. The van der Waals surface area contributed by atoms with E-state index in [4.69, 9.17) is 8.85 Å². The first-order valence-corrected chi connectivity index (χ1v) is 10.9. The van der Waals surface area contributed by atoms with Crippen LogP contribution in [-0.4, -0.2) is 22.8 Å². The van der Waals surface area contributed by atoms with E-state index < -0.39 is 8.56 Å². The lowest BCUT2D eigenvalue weighted by Gasteiger charge is -2.49. The van der Waals surface area contributed by atoms with Gasteiger partial charge in [0.05, 0.1) is 0 Å². The van der Waals surface area contributed by atoms with Crippen LogP contribution in [0.5, 0.6) is 0 Å². The zero-order valence-corrected chi connectivity index (χ0v) is 16.5. The van der Waals surface area contributed by atoms with Crippen molar-refractivity contribution in [2.24, 2.45) is 11.8 Å². The molecule has 0 N–H and O–H groups in total. The quantitative estimate of drug-likeness (QED) is 0.493. The van der Waals surface area contributed by atoms with E-state index in [1.807, 2.05) is 14.2 Å². The van der Waals surface area contributed by atoms with Crippen molar-refractivity contribution in [2.75, 3.05) is 14.2 Å². The van der Waals surface area contributed by atoms with Gasteiger partial charge in [-0.25, -0.2) is 0 Å². The molecule has 0 aromatic carbocycles. The highest BCUT2D eigenvalue weighted by atomic mass is 28.4. The molecule has 1 aliphatic rings. The van der Waals surface area contributed by atoms with E-state index in [-0.39, 0.29) is 5.04 Å². The van der Waals surface area contributed by atoms with Crippen LogP contribution in [0.1, 0.15) is 79.6 Å². The van der Waals surface area contributed by atoms with Crippen molar-refractivity contribution in [3.63, 3.8) is 0 Å². The van der Waals surface area contributed by atoms with Gasteiger partial charge in [0, 0.05) is 24.8 Å². The summed E-state index contributed by atoms with van der Waals surface area (Å²) in [5.74, 6) is 1.45. The molecule has 3 heteroatoms. The summed E-state index contributed by atoms with van der Waals surface area (Å²) in [5.41, 5.74) is 0.669. The third kappa shape index (κ3) is 3.56. The van der Waals surface area contributed by atoms with Gasteiger partial charge in [-0.2, -0.15) is 0 Å². The van der Waals surface area contributed by atoms with Crippen LogP contribution in [-0.2, 0) is 8.85 Å². The second-order valence-corrected chi connectivity index (χ2v) is 11.7. The summed E-state index contributed by atoms with van der Waals surface area (Å²) in [6.07, 6.45) is 9.25. The van der Waals surface area contributed by atoms with Crippen molar-refractivity contribution in [3.8, 4) is 0 Å². The van der Waals surface area contributed by atoms with Gasteiger partial charge in [-0.3, -0.25) is 0 Å². The average Bonchev–Trinajstić information content (AvgIpc) is 2.94. The molecule has 0 spiro atoms. The van der Waals surface area contributed by atoms with E-state index in [2.05, 4.69) is 34.6 Å². The Morgan fingerprint density at radius 1 is 1.14 bits per heavy atom. The first-order chi connectivity index (χ1) is 9.91. The lowest BCUT2D eigenvalue weighted by atomic mass is 9.94. The summed E-state index contributed by atoms with van der Waals surface area (Å²) >= 11 is 0. The molecule has 0 saturated heterocycles. The molecule has 2 nitrogen and oxygen atoms in total. The van der Waals surface area contributed by atoms with Gasteiger partial charge in [-0.15, -0.1) is 0 Å². The van der Waals surface area contributed by atoms with Crippen LogP contribution < -0.4 is 0 Å². The van der Waals surface area contributed by atoms with Gasteiger partial charge >= 0.3 is 8.56 Å². The molecule has 0 aliphatic heterocycles. The fraction of sp³-hybridized carbons (Fsp3) is 1.00. The number of unbranched alkanes of at least 4 members (excludes halogenated alkanes) is 1. The van der Waals surface area contributed by atoms with Gasteiger partial charge in [-0.1, -0.05) is 73.1 Å². The molecule has 0 radical (unpaired) electrons. The zero-order chi connectivity index (χ0) is 16.1. The van der Waals surface area contributed by atoms with Crippen LogP contribution in [0.3, 0.4) is 0 Å². The third-order valence-corrected chi connectivity index (χ3v) is 11.7. The van der Waals surface area contributed by atoms with Crippen LogP contribution in [0, 0.1) is 11.8 Å². The Kier molecular flexibility index (Phi) is 7.42. The molecule has 0 aromatic rings. The van der Waals surface area contributed by atoms with Crippen molar-refractivity contribution in [3.05, 3.63) is 0 Å². The molecule has 1 rings (SSSR count). The van der Waals surface area contributed by atoms with Gasteiger partial charge in [0.25, 0.3) is 0 Å². The Balaban J connectivity index is 3.08. The molecular weight excluding hydrogens is 276 g/mol. The summed E-state index contributed by atoms with van der Waals surface area (Å²) in [7, 11) is 1.59. The topological polar surface area (TPSA) is 18.5 Å². The summed E-state index contributed by atoms with van der Waals surface area (Å²) in [4.78, 5) is 0. The van der Waals surface area contributed by atoms with Gasteiger partial charge in [-0.05, 0) is 18.3 Å². The van der Waals surface area contributed by atoms with Crippen molar-refractivity contribution in [1.29, 1.82) is 0 Å². The van der Waals surface area contributed by atoms with Crippen LogP contribution in [0.4, 0.5) is 0 Å².